The molecule has 108 valence electrons. The van der Waals surface area contributed by atoms with Gasteiger partial charge in [-0.05, 0) is 37.3 Å². The number of piperidine rings is 1. The number of terminal acetylenes is 1. The first-order valence-corrected chi connectivity index (χ1v) is 7.98. The van der Waals surface area contributed by atoms with Crippen molar-refractivity contribution >= 4 is 22.3 Å². The highest BCUT2D eigenvalue weighted by atomic mass is 32.1. The average Bonchev–Trinajstić information content (AvgIpc) is 3.00. The topological polar surface area (TPSA) is 39.7 Å². The number of thiophene rings is 1. The van der Waals surface area contributed by atoms with Crippen LogP contribution in [0, 0.1) is 12.3 Å². The largest absolute Gasteiger partial charge is 0.363 e. The molecule has 1 fully saturated rings. The number of guanidine groups is 1. The zero-order chi connectivity index (χ0) is 14.2. The van der Waals surface area contributed by atoms with Crippen LogP contribution in [0.15, 0.2) is 22.5 Å². The van der Waals surface area contributed by atoms with E-state index in [9.17, 15) is 0 Å². The van der Waals surface area contributed by atoms with Crippen molar-refractivity contribution < 1.29 is 0 Å². The fraction of sp³-hybridized carbons (Fsp3) is 0.533. The maximum Gasteiger partial charge on any atom is 0.192 e. The lowest BCUT2D eigenvalue weighted by atomic mass is 10.1. The van der Waals surface area contributed by atoms with Crippen LogP contribution in [0.5, 0.6) is 0 Å². The van der Waals surface area contributed by atoms with Crippen molar-refractivity contribution in [3.05, 3.63) is 17.5 Å². The lowest BCUT2D eigenvalue weighted by Crippen LogP contribution is -2.48. The summed E-state index contributed by atoms with van der Waals surface area (Å²) in [6.45, 7) is 5.51. The molecule has 5 heteroatoms. The second kappa shape index (κ2) is 7.81. The van der Waals surface area contributed by atoms with E-state index in [1.54, 1.807) is 0 Å². The molecule has 2 rings (SSSR count). The van der Waals surface area contributed by atoms with Crippen LogP contribution in [0.25, 0.3) is 0 Å². The highest BCUT2D eigenvalue weighted by molar-refractivity contribution is 7.14. The molecule has 0 unspecified atom stereocenters. The molecule has 4 nitrogen and oxygen atoms in total. The summed E-state index contributed by atoms with van der Waals surface area (Å²) < 4.78 is 0. The molecule has 2 heterocycles. The molecule has 1 saturated heterocycles. The Kier molecular flexibility index (Phi) is 5.75. The van der Waals surface area contributed by atoms with E-state index >= 15 is 0 Å². The predicted octanol–water partition coefficient (Wildman–Crippen LogP) is 1.91. The number of anilines is 1. The molecular weight excluding hydrogens is 268 g/mol. The molecule has 1 aliphatic heterocycles. The summed E-state index contributed by atoms with van der Waals surface area (Å²) in [7, 11) is 0. The molecule has 0 aromatic carbocycles. The molecule has 0 amide bonds. The third kappa shape index (κ3) is 4.17. The molecule has 2 N–H and O–H groups in total. The van der Waals surface area contributed by atoms with Gasteiger partial charge in [0.15, 0.2) is 5.96 Å². The standard InChI is InChI=1S/C15H22N4S/c1-3-9-17-15(16-4-2)18-13-7-10-19(11-8-13)14-6-5-12-20-14/h1,5-6,12-13H,4,7-11H2,2H3,(H2,16,17,18). The SMILES string of the molecule is C#CCN=C(NCC)NC1CCN(c2cccs2)CC1. The summed E-state index contributed by atoms with van der Waals surface area (Å²) in [6, 6.07) is 4.78. The fourth-order valence-electron chi connectivity index (χ4n) is 2.33. The number of aliphatic imine (C=N–C) groups is 1. The van der Waals surface area contributed by atoms with Crippen LogP contribution in [0.3, 0.4) is 0 Å². The third-order valence-corrected chi connectivity index (χ3v) is 4.26. The van der Waals surface area contributed by atoms with E-state index < -0.39 is 0 Å². The molecule has 0 radical (unpaired) electrons. The summed E-state index contributed by atoms with van der Waals surface area (Å²) in [5, 5.41) is 10.2. The molecular formula is C15H22N4S. The number of nitrogens with zero attached hydrogens (tertiary/aromatic N) is 2. The Balaban J connectivity index is 1.82. The molecule has 0 bridgehead atoms. The van der Waals surface area contributed by atoms with Gasteiger partial charge in [0.25, 0.3) is 0 Å². The normalized spacial score (nSPS) is 16.8. The van der Waals surface area contributed by atoms with Gasteiger partial charge in [0.05, 0.1) is 5.00 Å². The number of nitrogens with one attached hydrogen (secondary N) is 2. The second-order valence-corrected chi connectivity index (χ2v) is 5.68. The Bertz CT molecular complexity index is 453. The van der Waals surface area contributed by atoms with Crippen molar-refractivity contribution in [2.45, 2.75) is 25.8 Å². The van der Waals surface area contributed by atoms with Gasteiger partial charge in [-0.1, -0.05) is 5.92 Å². The van der Waals surface area contributed by atoms with Crippen molar-refractivity contribution in [3.63, 3.8) is 0 Å². The predicted molar refractivity (Wildman–Crippen MR) is 87.5 cm³/mol. The van der Waals surface area contributed by atoms with Gasteiger partial charge in [0.2, 0.25) is 0 Å². The van der Waals surface area contributed by atoms with Crippen LogP contribution in [-0.2, 0) is 0 Å². The van der Waals surface area contributed by atoms with Crippen LogP contribution in [0.2, 0.25) is 0 Å². The molecule has 0 aliphatic carbocycles. The Morgan fingerprint density at radius 3 is 2.95 bits per heavy atom. The Morgan fingerprint density at radius 2 is 2.35 bits per heavy atom. The second-order valence-electron chi connectivity index (χ2n) is 4.76. The van der Waals surface area contributed by atoms with Crippen molar-refractivity contribution in [2.75, 3.05) is 31.1 Å². The molecule has 0 atom stereocenters. The van der Waals surface area contributed by atoms with Crippen LogP contribution in [-0.4, -0.2) is 38.2 Å². The molecule has 1 aliphatic rings. The first-order chi connectivity index (χ1) is 9.83. The summed E-state index contributed by atoms with van der Waals surface area (Å²) in [5.74, 6) is 3.38. The van der Waals surface area contributed by atoms with Gasteiger partial charge >= 0.3 is 0 Å². The minimum absolute atomic E-state index is 0.420. The van der Waals surface area contributed by atoms with E-state index in [0.29, 0.717) is 12.6 Å². The van der Waals surface area contributed by atoms with Gasteiger partial charge in [-0.25, -0.2) is 4.99 Å². The van der Waals surface area contributed by atoms with Crippen molar-refractivity contribution in [3.8, 4) is 12.3 Å². The minimum Gasteiger partial charge on any atom is -0.363 e. The van der Waals surface area contributed by atoms with Gasteiger partial charge in [-0.2, -0.15) is 0 Å². The van der Waals surface area contributed by atoms with Gasteiger partial charge in [-0.3, -0.25) is 0 Å². The number of rotatable bonds is 4. The van der Waals surface area contributed by atoms with E-state index in [1.165, 1.54) is 5.00 Å². The Morgan fingerprint density at radius 1 is 1.55 bits per heavy atom. The van der Waals surface area contributed by atoms with E-state index in [1.807, 2.05) is 11.3 Å². The minimum atomic E-state index is 0.420. The van der Waals surface area contributed by atoms with Crippen LogP contribution in [0.1, 0.15) is 19.8 Å². The molecule has 1 aromatic rings. The van der Waals surface area contributed by atoms with E-state index in [-0.39, 0.29) is 0 Å². The van der Waals surface area contributed by atoms with Gasteiger partial charge in [0, 0.05) is 25.7 Å². The maximum atomic E-state index is 5.26. The molecule has 0 spiro atoms. The van der Waals surface area contributed by atoms with Gasteiger partial charge < -0.3 is 15.5 Å². The van der Waals surface area contributed by atoms with Gasteiger partial charge in [0.1, 0.15) is 6.54 Å². The van der Waals surface area contributed by atoms with Crippen molar-refractivity contribution in [2.24, 2.45) is 4.99 Å². The molecule has 0 saturated carbocycles. The first kappa shape index (κ1) is 14.7. The van der Waals surface area contributed by atoms with Crippen LogP contribution >= 0.6 is 11.3 Å². The number of hydrogen-bond acceptors (Lipinski definition) is 3. The Labute approximate surface area is 125 Å². The summed E-state index contributed by atoms with van der Waals surface area (Å²) in [4.78, 5) is 6.79. The van der Waals surface area contributed by atoms with E-state index in [4.69, 9.17) is 6.42 Å². The summed E-state index contributed by atoms with van der Waals surface area (Å²) in [5.41, 5.74) is 0. The lowest BCUT2D eigenvalue weighted by molar-refractivity contribution is 0.463. The monoisotopic (exact) mass is 290 g/mol. The fourth-order valence-corrected chi connectivity index (χ4v) is 3.12. The number of hydrogen-bond donors (Lipinski definition) is 2. The van der Waals surface area contributed by atoms with Gasteiger partial charge in [-0.15, -0.1) is 17.8 Å². The zero-order valence-electron chi connectivity index (χ0n) is 11.9. The van der Waals surface area contributed by atoms with Crippen LogP contribution in [0.4, 0.5) is 5.00 Å². The third-order valence-electron chi connectivity index (χ3n) is 3.33. The summed E-state index contributed by atoms with van der Waals surface area (Å²) >= 11 is 1.81. The van der Waals surface area contributed by atoms with Crippen molar-refractivity contribution in [1.82, 2.24) is 10.6 Å². The Hall–Kier alpha value is -1.67. The highest BCUT2D eigenvalue weighted by Crippen LogP contribution is 2.24. The smallest absolute Gasteiger partial charge is 0.192 e. The van der Waals surface area contributed by atoms with Crippen LogP contribution < -0.4 is 15.5 Å². The molecule has 20 heavy (non-hydrogen) atoms. The lowest BCUT2D eigenvalue weighted by Gasteiger charge is -2.33. The van der Waals surface area contributed by atoms with Crippen molar-refractivity contribution in [1.29, 1.82) is 0 Å². The first-order valence-electron chi connectivity index (χ1n) is 7.10. The zero-order valence-corrected chi connectivity index (χ0v) is 12.7. The molecule has 1 aromatic heterocycles. The quantitative estimate of drug-likeness (QED) is 0.505. The maximum absolute atomic E-state index is 5.26. The highest BCUT2D eigenvalue weighted by Gasteiger charge is 2.20. The summed E-state index contributed by atoms with van der Waals surface area (Å²) in [6.07, 6.45) is 7.51. The van der Waals surface area contributed by atoms with E-state index in [0.717, 1.165) is 38.4 Å². The average molecular weight is 290 g/mol. The van der Waals surface area contributed by atoms with E-state index in [2.05, 4.69) is 50.9 Å².